The summed E-state index contributed by atoms with van der Waals surface area (Å²) in [5.74, 6) is 2.52. The molecule has 7 aliphatic heterocycles. The molecule has 8 nitrogen and oxygen atoms in total. The lowest BCUT2D eigenvalue weighted by atomic mass is 10.0. The minimum Gasteiger partial charge on any atom is -0.499 e. The Hall–Kier alpha value is -4.72. The smallest absolute Gasteiger partial charge is 0.174 e. The average molecular weight is 1410 g/mol. The van der Waals surface area contributed by atoms with Crippen LogP contribution in [0.15, 0.2) is 145 Å². The quantitative estimate of drug-likeness (QED) is 0.235. The van der Waals surface area contributed by atoms with Crippen LogP contribution in [0.25, 0.3) is 0 Å². The number of ether oxygens (including phenoxy) is 4. The van der Waals surface area contributed by atoms with Gasteiger partial charge in [0.15, 0.2) is 6.40 Å². The van der Waals surface area contributed by atoms with E-state index in [9.17, 15) is 0 Å². The molecular weight excluding hydrogens is 1210 g/mol. The van der Waals surface area contributed by atoms with Crippen molar-refractivity contribution in [1.29, 1.82) is 0 Å². The molecule has 0 spiro atoms. The second-order valence-corrected chi connectivity index (χ2v) is 14.8. The highest BCUT2D eigenvalue weighted by Crippen LogP contribution is 2.16. The summed E-state index contributed by atoms with van der Waals surface area (Å²) in [7, 11) is 0. The normalized spacial score (nSPS) is 13.3. The van der Waals surface area contributed by atoms with Crippen LogP contribution in [0.4, 0.5) is 0 Å². The molecule has 0 radical (unpaired) electrons. The van der Waals surface area contributed by atoms with E-state index >= 15 is 0 Å². The van der Waals surface area contributed by atoms with Crippen LogP contribution in [0.1, 0.15) is 405 Å². The molecule has 0 aromatic rings. The van der Waals surface area contributed by atoms with Crippen molar-refractivity contribution >= 4 is 12.6 Å². The molecular formula is C91H200N4O4. The first-order valence-corrected chi connectivity index (χ1v) is 42.3. The molecule has 3 aliphatic carbocycles. The van der Waals surface area contributed by atoms with Gasteiger partial charge in [-0.05, 0) is 81.7 Å². The van der Waals surface area contributed by atoms with E-state index in [1.54, 1.807) is 6.21 Å². The van der Waals surface area contributed by atoms with Gasteiger partial charge in [-0.3, -0.25) is 4.99 Å². The first-order valence-electron chi connectivity index (χ1n) is 42.3. The summed E-state index contributed by atoms with van der Waals surface area (Å²) in [5.41, 5.74) is 3.03. The Kier molecular flexibility index (Phi) is 328. The van der Waals surface area contributed by atoms with E-state index < -0.39 is 0 Å². The van der Waals surface area contributed by atoms with Crippen LogP contribution < -0.4 is 10.6 Å². The molecule has 10 rings (SSSR count). The van der Waals surface area contributed by atoms with Gasteiger partial charge in [-0.25, -0.2) is 4.99 Å². The van der Waals surface area contributed by atoms with Crippen molar-refractivity contribution in [3.05, 3.63) is 135 Å². The van der Waals surface area contributed by atoms with E-state index in [0.717, 1.165) is 74.4 Å². The second-order valence-electron chi connectivity index (χ2n) is 14.8. The fraction of sp³-hybridized carbons (Fsp3) is 0.736. The molecule has 0 aromatic carbocycles. The first-order chi connectivity index (χ1) is 48.9. The van der Waals surface area contributed by atoms with Gasteiger partial charge in [0.05, 0.1) is 31.2 Å². The average Bonchev–Trinajstić information content (AvgIpc) is 4.37. The molecule has 10 aliphatic rings. The Bertz CT molecular complexity index is 1270. The van der Waals surface area contributed by atoms with Crippen LogP contribution in [0.2, 0.25) is 0 Å². The Morgan fingerprint density at radius 3 is 0.848 bits per heavy atom. The Morgan fingerprint density at radius 2 is 0.737 bits per heavy atom. The fourth-order valence-electron chi connectivity index (χ4n) is 5.84. The fourth-order valence-corrected chi connectivity index (χ4v) is 5.84. The maximum absolute atomic E-state index is 5.08. The van der Waals surface area contributed by atoms with Crippen LogP contribution in [0, 0.1) is 0 Å². The summed E-state index contributed by atoms with van der Waals surface area (Å²) < 4.78 is 19.6. The molecule has 4 fully saturated rings. The van der Waals surface area contributed by atoms with E-state index in [1.807, 2.05) is 319 Å². The molecule has 0 bridgehead atoms. The standard InChI is InChI=1S/C6H10O.C6H8O.C6H12.C5H9N.C5H7N.C5H6O.C5H10.C5H8.C4H5NO.C4H5N.20C2H6/c2*1-6-4-2-3-5-7-6;1-2-4-6-5-3-1;3*1-5-3-2-4-6-5;2*1-2-4-5-3-1;1-4-2-6-3-5-4;1-2-4-5-3-1;20*1-2/h1-5H2;2,4H,1,3,5H2;1-6H2;6H,1-4H2;2-3,6H,1,4H2;2-3H,1,4H2;1-5H2;1-2H,3-5H2;3H,1-2H2;1-3H,4H2;20*1-2H3. The summed E-state index contributed by atoms with van der Waals surface area (Å²) in [6.45, 7) is 108. The largest absolute Gasteiger partial charge is 0.499 e. The second kappa shape index (κ2) is 219. The highest BCUT2D eigenvalue weighted by atomic mass is 16.5. The van der Waals surface area contributed by atoms with E-state index in [1.165, 1.54) is 128 Å². The van der Waals surface area contributed by atoms with Gasteiger partial charge < -0.3 is 29.6 Å². The maximum Gasteiger partial charge on any atom is 0.174 e. The van der Waals surface area contributed by atoms with E-state index in [0.29, 0.717) is 13.2 Å². The molecule has 608 valence electrons. The minimum atomic E-state index is 0.569. The zero-order chi connectivity index (χ0) is 82.7. The third kappa shape index (κ3) is 214. The third-order valence-electron chi connectivity index (χ3n) is 9.25. The molecule has 0 unspecified atom stereocenters. The predicted octanol–water partition coefficient (Wildman–Crippen LogP) is 33.5. The molecule has 99 heavy (non-hydrogen) atoms. The first kappa shape index (κ1) is 149. The number of aliphatic imine (C=N–C) groups is 2. The number of rotatable bonds is 0. The van der Waals surface area contributed by atoms with E-state index in [-0.39, 0.29) is 0 Å². The maximum atomic E-state index is 5.08. The lowest BCUT2D eigenvalue weighted by molar-refractivity contribution is 0.168. The van der Waals surface area contributed by atoms with Crippen LogP contribution in [-0.2, 0) is 18.9 Å². The molecule has 0 aromatic heterocycles. The van der Waals surface area contributed by atoms with Gasteiger partial charge in [-0.1, -0.05) is 417 Å². The van der Waals surface area contributed by atoms with Crippen molar-refractivity contribution < 1.29 is 18.9 Å². The lowest BCUT2D eigenvalue weighted by Crippen LogP contribution is -2.02. The van der Waals surface area contributed by atoms with Gasteiger partial charge in [0, 0.05) is 37.1 Å². The van der Waals surface area contributed by atoms with Gasteiger partial charge in [0.1, 0.15) is 24.7 Å². The van der Waals surface area contributed by atoms with Crippen LogP contribution in [0.5, 0.6) is 0 Å². The van der Waals surface area contributed by atoms with Gasteiger partial charge in [-0.15, -0.1) is 0 Å². The predicted molar refractivity (Wildman–Crippen MR) is 482 cm³/mol. The number of hydrogen-bond acceptors (Lipinski definition) is 8. The van der Waals surface area contributed by atoms with Crippen molar-refractivity contribution in [3.63, 3.8) is 0 Å². The lowest BCUT2D eigenvalue weighted by Gasteiger charge is -2.13. The monoisotopic (exact) mass is 1410 g/mol. The zero-order valence-electron chi connectivity index (χ0n) is 76.8. The van der Waals surface area contributed by atoms with Crippen LogP contribution >= 0.6 is 0 Å². The Morgan fingerprint density at radius 1 is 0.343 bits per heavy atom. The molecule has 0 atom stereocenters. The Balaban J connectivity index is -0.0000000369. The van der Waals surface area contributed by atoms with Gasteiger partial charge in [-0.2, -0.15) is 0 Å². The summed E-state index contributed by atoms with van der Waals surface area (Å²) >= 11 is 0. The van der Waals surface area contributed by atoms with Crippen molar-refractivity contribution in [2.75, 3.05) is 46.1 Å². The van der Waals surface area contributed by atoms with E-state index in [2.05, 4.69) is 83.1 Å². The topological polar surface area (TPSA) is 85.7 Å². The van der Waals surface area contributed by atoms with Gasteiger partial charge >= 0.3 is 0 Å². The number of allylic oxidation sites excluding steroid dienone is 8. The highest BCUT2D eigenvalue weighted by Gasteiger charge is 2.01. The molecule has 7 heterocycles. The third-order valence-corrected chi connectivity index (χ3v) is 9.25. The highest BCUT2D eigenvalue weighted by molar-refractivity contribution is 5.73. The zero-order valence-corrected chi connectivity index (χ0v) is 76.8. The number of hydrogen-bond donors (Lipinski definition) is 2. The number of nitrogens with one attached hydrogen (secondary N) is 2. The van der Waals surface area contributed by atoms with Crippen LogP contribution in [-0.4, -0.2) is 58.7 Å². The van der Waals surface area contributed by atoms with Crippen molar-refractivity contribution in [1.82, 2.24) is 10.6 Å². The minimum absolute atomic E-state index is 0.569. The Labute approximate surface area is 634 Å². The molecule has 2 N–H and O–H groups in total. The summed E-state index contributed by atoms with van der Waals surface area (Å²) in [4.78, 5) is 7.54. The van der Waals surface area contributed by atoms with Crippen molar-refractivity contribution in [2.24, 2.45) is 9.98 Å². The number of nitrogens with zero attached hydrogens (tertiary/aromatic N) is 2. The molecule has 2 saturated carbocycles. The summed E-state index contributed by atoms with van der Waals surface area (Å²) in [6, 6.07) is 0. The van der Waals surface area contributed by atoms with Gasteiger partial charge in [0.25, 0.3) is 0 Å². The van der Waals surface area contributed by atoms with Crippen LogP contribution in [0.3, 0.4) is 0 Å². The van der Waals surface area contributed by atoms with Gasteiger partial charge in [0.2, 0.25) is 0 Å². The van der Waals surface area contributed by atoms with E-state index in [4.69, 9.17) is 14.2 Å². The summed E-state index contributed by atoms with van der Waals surface area (Å²) in [6.07, 6.45) is 51.0. The molecule has 0 amide bonds. The van der Waals surface area contributed by atoms with Crippen molar-refractivity contribution in [3.8, 4) is 0 Å². The SMILES string of the molecule is C1=CCCC1.C1=CCN=C1.C1CCCC1.C1CCCCC1.C=C1C=CCCO1.C=C1C=CCN1.C=C1C=CCO1.C=C1CCCCO1.C=C1CCCN1.C=C1COC=N1.CC.CC.CC.CC.CC.CC.CC.CC.CC.CC.CC.CC.CC.CC.CC.CC.CC.CC.CC.CC. The molecule has 8 heteroatoms. The molecule has 2 saturated heterocycles. The van der Waals surface area contributed by atoms with Crippen molar-refractivity contribution in [2.45, 2.75) is 405 Å². The summed E-state index contributed by atoms with van der Waals surface area (Å²) in [5, 5.41) is 6.14.